The monoisotopic (exact) mass is 238 g/mol. The van der Waals surface area contributed by atoms with Crippen molar-refractivity contribution in [3.05, 3.63) is 18.3 Å². The van der Waals surface area contributed by atoms with Crippen molar-refractivity contribution in [3.63, 3.8) is 0 Å². The van der Waals surface area contributed by atoms with Gasteiger partial charge in [-0.25, -0.2) is 4.79 Å². The highest BCUT2D eigenvalue weighted by molar-refractivity contribution is 6.88. The maximum Gasteiger partial charge on any atom is 0.325 e. The second-order valence-corrected chi connectivity index (χ2v) is 11.2. The van der Waals surface area contributed by atoms with Crippen LogP contribution in [0, 0.1) is 0 Å². The summed E-state index contributed by atoms with van der Waals surface area (Å²) < 4.78 is 1.75. The molecule has 0 aliphatic heterocycles. The summed E-state index contributed by atoms with van der Waals surface area (Å²) >= 11 is 0. The molecule has 1 rings (SSSR count). The van der Waals surface area contributed by atoms with E-state index in [4.69, 9.17) is 0 Å². The lowest BCUT2D eigenvalue weighted by atomic mass is 10.1. The number of amides is 1. The zero-order valence-electron chi connectivity index (χ0n) is 11.1. The van der Waals surface area contributed by atoms with Gasteiger partial charge in [-0.05, 0) is 32.9 Å². The van der Waals surface area contributed by atoms with Crippen molar-refractivity contribution >= 4 is 19.4 Å². The van der Waals surface area contributed by atoms with Gasteiger partial charge in [-0.1, -0.05) is 19.6 Å². The normalized spacial score (nSPS) is 12.6. The van der Waals surface area contributed by atoms with Gasteiger partial charge in [-0.3, -0.25) is 4.57 Å². The summed E-state index contributed by atoms with van der Waals surface area (Å²) in [4.78, 5) is 12.1. The van der Waals surface area contributed by atoms with E-state index < -0.39 is 8.07 Å². The van der Waals surface area contributed by atoms with Gasteiger partial charge in [0.15, 0.2) is 0 Å². The molecule has 0 saturated carbocycles. The summed E-state index contributed by atoms with van der Waals surface area (Å²) in [6.07, 6.45) is 1.84. The fourth-order valence-corrected chi connectivity index (χ4v) is 3.05. The molecular weight excluding hydrogens is 216 g/mol. The Hall–Kier alpha value is -1.03. The van der Waals surface area contributed by atoms with E-state index in [1.165, 1.54) is 0 Å². The minimum Gasteiger partial charge on any atom is -0.333 e. The Kier molecular flexibility index (Phi) is 3.33. The first-order valence-electron chi connectivity index (χ1n) is 5.61. The predicted molar refractivity (Wildman–Crippen MR) is 71.1 cm³/mol. The van der Waals surface area contributed by atoms with E-state index in [-0.39, 0.29) is 11.6 Å². The number of carbonyl (C=O) groups excluding carboxylic acids is 1. The van der Waals surface area contributed by atoms with Crippen LogP contribution in [-0.2, 0) is 0 Å². The van der Waals surface area contributed by atoms with Gasteiger partial charge < -0.3 is 5.32 Å². The number of hydrogen-bond donors (Lipinski definition) is 1. The molecule has 0 fully saturated rings. The zero-order chi connectivity index (χ0) is 12.6. The first kappa shape index (κ1) is 13.0. The number of hydrogen-bond acceptors (Lipinski definition) is 1. The Bertz CT molecular complexity index is 382. The van der Waals surface area contributed by atoms with Gasteiger partial charge in [0, 0.05) is 17.1 Å². The van der Waals surface area contributed by atoms with Gasteiger partial charge >= 0.3 is 6.03 Å². The summed E-state index contributed by atoms with van der Waals surface area (Å²) in [6, 6.07) is 3.96. The second kappa shape index (κ2) is 4.09. The van der Waals surface area contributed by atoms with Crippen LogP contribution < -0.4 is 10.6 Å². The van der Waals surface area contributed by atoms with E-state index in [0.29, 0.717) is 0 Å². The molecule has 0 radical (unpaired) electrons. The highest BCUT2D eigenvalue weighted by Gasteiger charge is 2.24. The third-order valence-electron chi connectivity index (χ3n) is 2.22. The van der Waals surface area contributed by atoms with Crippen LogP contribution in [0.4, 0.5) is 4.79 Å². The summed E-state index contributed by atoms with van der Waals surface area (Å²) in [6.45, 7) is 12.7. The molecule has 0 bridgehead atoms. The summed E-state index contributed by atoms with van der Waals surface area (Å²) in [7, 11) is -1.46. The van der Waals surface area contributed by atoms with Gasteiger partial charge in [0.05, 0.1) is 8.07 Å². The lowest BCUT2D eigenvalue weighted by Gasteiger charge is -2.24. The molecule has 3 nitrogen and oxygen atoms in total. The van der Waals surface area contributed by atoms with Gasteiger partial charge in [0.25, 0.3) is 0 Å². The molecular formula is C12H22N2OSi. The first-order chi connectivity index (χ1) is 7.11. The van der Waals surface area contributed by atoms with Crippen molar-refractivity contribution in [1.82, 2.24) is 9.88 Å². The molecule has 1 aromatic heterocycles. The number of nitrogens with one attached hydrogen (secondary N) is 1. The molecule has 1 aromatic rings. The quantitative estimate of drug-likeness (QED) is 0.749. The second-order valence-electron chi connectivity index (χ2n) is 6.19. The molecule has 1 heterocycles. The molecule has 0 aromatic carbocycles. The molecule has 0 unspecified atom stereocenters. The largest absolute Gasteiger partial charge is 0.333 e. The van der Waals surface area contributed by atoms with Crippen molar-refractivity contribution in [2.75, 3.05) is 0 Å². The maximum absolute atomic E-state index is 12.1. The minimum absolute atomic E-state index is 0.0325. The average molecular weight is 238 g/mol. The molecule has 0 aliphatic rings. The van der Waals surface area contributed by atoms with Crippen molar-refractivity contribution in [1.29, 1.82) is 0 Å². The Morgan fingerprint density at radius 1 is 1.31 bits per heavy atom. The van der Waals surface area contributed by atoms with Crippen LogP contribution in [-0.4, -0.2) is 24.2 Å². The van der Waals surface area contributed by atoms with E-state index in [9.17, 15) is 4.79 Å². The molecule has 0 saturated heterocycles. The number of carbonyl (C=O) groups is 1. The zero-order valence-corrected chi connectivity index (χ0v) is 12.1. The Morgan fingerprint density at radius 3 is 2.31 bits per heavy atom. The first-order valence-corrected chi connectivity index (χ1v) is 9.11. The van der Waals surface area contributed by atoms with E-state index in [1.54, 1.807) is 4.57 Å². The maximum atomic E-state index is 12.1. The smallest absolute Gasteiger partial charge is 0.325 e. The Labute approximate surface area is 98.9 Å². The van der Waals surface area contributed by atoms with Crippen LogP contribution in [0.25, 0.3) is 0 Å². The molecule has 16 heavy (non-hydrogen) atoms. The van der Waals surface area contributed by atoms with Gasteiger partial charge in [0.2, 0.25) is 0 Å². The highest BCUT2D eigenvalue weighted by atomic mass is 28.3. The van der Waals surface area contributed by atoms with Gasteiger partial charge in [0.1, 0.15) is 0 Å². The highest BCUT2D eigenvalue weighted by Crippen LogP contribution is 2.05. The fraction of sp³-hybridized carbons (Fsp3) is 0.583. The van der Waals surface area contributed by atoms with Crippen LogP contribution in [0.3, 0.4) is 0 Å². The van der Waals surface area contributed by atoms with Crippen molar-refractivity contribution < 1.29 is 4.79 Å². The van der Waals surface area contributed by atoms with E-state index in [2.05, 4.69) is 31.0 Å². The molecule has 1 amide bonds. The SMILES string of the molecule is CC(C)(C)NC(=O)n1cccc1[Si](C)(C)C. The number of nitrogens with zero attached hydrogens (tertiary/aromatic N) is 1. The molecule has 0 atom stereocenters. The van der Waals surface area contributed by atoms with E-state index >= 15 is 0 Å². The van der Waals surface area contributed by atoms with E-state index in [0.717, 1.165) is 5.32 Å². The summed E-state index contributed by atoms with van der Waals surface area (Å²) in [5, 5.41) is 4.14. The Morgan fingerprint density at radius 2 is 1.88 bits per heavy atom. The fourth-order valence-electron chi connectivity index (χ4n) is 1.55. The molecule has 1 N–H and O–H groups in total. The molecule has 0 spiro atoms. The summed E-state index contributed by atoms with van der Waals surface area (Å²) in [5.41, 5.74) is -0.196. The summed E-state index contributed by atoms with van der Waals surface area (Å²) in [5.74, 6) is 0. The van der Waals surface area contributed by atoms with Crippen molar-refractivity contribution in [3.8, 4) is 0 Å². The third kappa shape index (κ3) is 3.23. The van der Waals surface area contributed by atoms with Gasteiger partial charge in [-0.2, -0.15) is 0 Å². The lowest BCUT2D eigenvalue weighted by molar-refractivity contribution is 0.234. The predicted octanol–water partition coefficient (Wildman–Crippen LogP) is 2.39. The average Bonchev–Trinajstić information content (AvgIpc) is 2.45. The molecule has 0 aliphatic carbocycles. The van der Waals surface area contributed by atoms with Crippen molar-refractivity contribution in [2.24, 2.45) is 0 Å². The van der Waals surface area contributed by atoms with Crippen molar-refractivity contribution in [2.45, 2.75) is 46.0 Å². The van der Waals surface area contributed by atoms with Crippen LogP contribution in [0.15, 0.2) is 18.3 Å². The lowest BCUT2D eigenvalue weighted by Crippen LogP contribution is -2.50. The van der Waals surface area contributed by atoms with Crippen LogP contribution >= 0.6 is 0 Å². The standard InChI is InChI=1S/C12H22N2OSi/c1-12(2,3)13-11(15)14-9-7-8-10(14)16(4,5)6/h7-9H,1-6H3,(H,13,15). The number of aromatic nitrogens is 1. The minimum atomic E-state index is -1.46. The molecule has 4 heteroatoms. The number of rotatable bonds is 1. The van der Waals surface area contributed by atoms with Crippen LogP contribution in [0.2, 0.25) is 19.6 Å². The molecule has 90 valence electrons. The topological polar surface area (TPSA) is 34.0 Å². The van der Waals surface area contributed by atoms with Gasteiger partial charge in [-0.15, -0.1) is 0 Å². The third-order valence-corrected chi connectivity index (χ3v) is 4.16. The van der Waals surface area contributed by atoms with Crippen LogP contribution in [0.1, 0.15) is 20.8 Å². The van der Waals surface area contributed by atoms with Crippen LogP contribution in [0.5, 0.6) is 0 Å². The Balaban J connectivity index is 2.98. The van der Waals surface area contributed by atoms with E-state index in [1.807, 2.05) is 33.0 Å².